The van der Waals surface area contributed by atoms with Crippen LogP contribution in [0.4, 0.5) is 5.69 Å². The van der Waals surface area contributed by atoms with Gasteiger partial charge in [-0.3, -0.25) is 9.52 Å². The maximum atomic E-state index is 12.3. The minimum atomic E-state index is -3.40. The van der Waals surface area contributed by atoms with E-state index in [1.54, 1.807) is 59.5 Å². The Morgan fingerprint density at radius 3 is 2.62 bits per heavy atom. The van der Waals surface area contributed by atoms with E-state index in [0.29, 0.717) is 22.6 Å². The summed E-state index contributed by atoms with van der Waals surface area (Å²) in [4.78, 5) is 16.5. The van der Waals surface area contributed by atoms with Crippen LogP contribution in [-0.2, 0) is 16.6 Å². The highest BCUT2D eigenvalue weighted by atomic mass is 32.2. The van der Waals surface area contributed by atoms with E-state index in [4.69, 9.17) is 0 Å². The molecule has 0 atom stereocenters. The molecular weight excluding hydrogens is 354 g/mol. The Bertz CT molecular complexity index is 999. The van der Waals surface area contributed by atoms with Crippen LogP contribution < -0.4 is 10.0 Å². The van der Waals surface area contributed by atoms with Crippen molar-refractivity contribution in [1.29, 1.82) is 0 Å². The van der Waals surface area contributed by atoms with Gasteiger partial charge in [-0.15, -0.1) is 0 Å². The first-order chi connectivity index (χ1) is 12.4. The van der Waals surface area contributed by atoms with Crippen LogP contribution in [-0.4, -0.2) is 35.3 Å². The zero-order valence-corrected chi connectivity index (χ0v) is 14.8. The average Bonchev–Trinajstić information content (AvgIpc) is 3.14. The number of hydrogen-bond donors (Lipinski definition) is 2. The van der Waals surface area contributed by atoms with Crippen LogP contribution in [0.15, 0.2) is 61.1 Å². The summed E-state index contributed by atoms with van der Waals surface area (Å²) in [7, 11) is -3.40. The van der Waals surface area contributed by atoms with Gasteiger partial charge in [-0.2, -0.15) is 5.10 Å². The molecule has 0 saturated heterocycles. The van der Waals surface area contributed by atoms with Crippen LogP contribution in [0.3, 0.4) is 0 Å². The zero-order chi connectivity index (χ0) is 18.6. The molecule has 2 aromatic heterocycles. The van der Waals surface area contributed by atoms with E-state index < -0.39 is 10.0 Å². The molecule has 0 aliphatic carbocycles. The monoisotopic (exact) mass is 371 g/mol. The fraction of sp³-hybridized carbons (Fsp3) is 0.118. The second kappa shape index (κ2) is 7.36. The number of pyridine rings is 1. The number of rotatable bonds is 6. The molecule has 3 rings (SSSR count). The van der Waals surface area contributed by atoms with E-state index in [0.717, 1.165) is 6.26 Å². The number of benzene rings is 1. The third-order valence-corrected chi connectivity index (χ3v) is 4.09. The molecule has 2 N–H and O–H groups in total. The van der Waals surface area contributed by atoms with Gasteiger partial charge in [-0.1, -0.05) is 18.2 Å². The molecule has 0 fully saturated rings. The van der Waals surface area contributed by atoms with Crippen molar-refractivity contribution in [1.82, 2.24) is 20.1 Å². The van der Waals surface area contributed by atoms with Crippen molar-refractivity contribution in [2.45, 2.75) is 6.54 Å². The van der Waals surface area contributed by atoms with Crippen LogP contribution >= 0.6 is 0 Å². The molecule has 0 bridgehead atoms. The van der Waals surface area contributed by atoms with Gasteiger partial charge >= 0.3 is 0 Å². The normalized spacial score (nSPS) is 11.1. The molecule has 0 spiro atoms. The summed E-state index contributed by atoms with van der Waals surface area (Å²) < 4.78 is 26.9. The molecule has 0 unspecified atom stereocenters. The van der Waals surface area contributed by atoms with Crippen molar-refractivity contribution in [2.75, 3.05) is 11.0 Å². The van der Waals surface area contributed by atoms with Gasteiger partial charge in [-0.05, 0) is 29.8 Å². The molecule has 1 aromatic carbocycles. The van der Waals surface area contributed by atoms with E-state index in [1.165, 1.54) is 6.20 Å². The van der Waals surface area contributed by atoms with E-state index in [2.05, 4.69) is 20.1 Å². The molecule has 3 aromatic rings. The Labute approximate surface area is 150 Å². The fourth-order valence-electron chi connectivity index (χ4n) is 2.31. The Balaban J connectivity index is 1.68. The molecule has 26 heavy (non-hydrogen) atoms. The Morgan fingerprint density at radius 2 is 1.96 bits per heavy atom. The van der Waals surface area contributed by atoms with Gasteiger partial charge in [-0.25, -0.2) is 18.1 Å². The molecule has 0 aliphatic heterocycles. The molecule has 1 amide bonds. The quantitative estimate of drug-likeness (QED) is 0.684. The van der Waals surface area contributed by atoms with Gasteiger partial charge in [0.05, 0.1) is 17.5 Å². The molecule has 8 nitrogen and oxygen atoms in total. The first kappa shape index (κ1) is 17.6. The van der Waals surface area contributed by atoms with Crippen LogP contribution in [0.25, 0.3) is 5.82 Å². The Hall–Kier alpha value is -3.20. The number of amides is 1. The zero-order valence-electron chi connectivity index (χ0n) is 14.0. The third kappa shape index (κ3) is 4.45. The standard InChI is InChI=1S/C17H17N5O3S/c1-26(24,25)21-15-6-3-2-5-13(15)11-19-17(23)14-7-8-16(18-12-14)22-10-4-9-20-22/h2-10,12,21H,11H2,1H3,(H,19,23). The van der Waals surface area contributed by atoms with Crippen LogP contribution in [0.1, 0.15) is 15.9 Å². The molecule has 9 heteroatoms. The van der Waals surface area contributed by atoms with Gasteiger partial charge in [0.15, 0.2) is 5.82 Å². The van der Waals surface area contributed by atoms with Gasteiger partial charge in [0.1, 0.15) is 0 Å². The van der Waals surface area contributed by atoms with Gasteiger partial charge in [0.2, 0.25) is 10.0 Å². The highest BCUT2D eigenvalue weighted by molar-refractivity contribution is 7.92. The summed E-state index contributed by atoms with van der Waals surface area (Å²) in [5, 5.41) is 6.83. The lowest BCUT2D eigenvalue weighted by atomic mass is 10.2. The van der Waals surface area contributed by atoms with Crippen molar-refractivity contribution in [3.05, 3.63) is 72.2 Å². The highest BCUT2D eigenvalue weighted by Gasteiger charge is 2.10. The van der Waals surface area contributed by atoms with Crippen molar-refractivity contribution >= 4 is 21.6 Å². The lowest BCUT2D eigenvalue weighted by Gasteiger charge is -2.11. The van der Waals surface area contributed by atoms with E-state index >= 15 is 0 Å². The highest BCUT2D eigenvalue weighted by Crippen LogP contribution is 2.16. The largest absolute Gasteiger partial charge is 0.348 e. The Kier molecular flexibility index (Phi) is 4.99. The lowest BCUT2D eigenvalue weighted by molar-refractivity contribution is 0.0950. The third-order valence-electron chi connectivity index (χ3n) is 3.50. The van der Waals surface area contributed by atoms with E-state index in [1.807, 2.05) is 0 Å². The number of carbonyl (C=O) groups is 1. The number of aromatic nitrogens is 3. The van der Waals surface area contributed by atoms with Crippen molar-refractivity contribution in [3.63, 3.8) is 0 Å². The lowest BCUT2D eigenvalue weighted by Crippen LogP contribution is -2.24. The summed E-state index contributed by atoms with van der Waals surface area (Å²) in [6.07, 6.45) is 5.94. The predicted octanol–water partition coefficient (Wildman–Crippen LogP) is 1.57. The maximum absolute atomic E-state index is 12.3. The number of para-hydroxylation sites is 1. The summed E-state index contributed by atoms with van der Waals surface area (Å²) in [5.74, 6) is 0.299. The summed E-state index contributed by atoms with van der Waals surface area (Å²) in [5.41, 5.74) is 1.49. The second-order valence-corrected chi connectivity index (χ2v) is 7.32. The average molecular weight is 371 g/mol. The van der Waals surface area contributed by atoms with Gasteiger partial charge in [0.25, 0.3) is 5.91 Å². The molecule has 134 valence electrons. The summed E-state index contributed by atoms with van der Waals surface area (Å²) >= 11 is 0. The maximum Gasteiger partial charge on any atom is 0.253 e. The minimum absolute atomic E-state index is 0.179. The number of anilines is 1. The first-order valence-corrected chi connectivity index (χ1v) is 9.61. The van der Waals surface area contributed by atoms with Crippen molar-refractivity contribution < 1.29 is 13.2 Å². The van der Waals surface area contributed by atoms with Crippen LogP contribution in [0, 0.1) is 0 Å². The fourth-order valence-corrected chi connectivity index (χ4v) is 2.91. The smallest absolute Gasteiger partial charge is 0.253 e. The summed E-state index contributed by atoms with van der Waals surface area (Å²) in [6.45, 7) is 0.179. The molecule has 0 radical (unpaired) electrons. The number of hydrogen-bond acceptors (Lipinski definition) is 5. The van der Waals surface area contributed by atoms with Crippen LogP contribution in [0.2, 0.25) is 0 Å². The predicted molar refractivity (Wildman–Crippen MR) is 97.4 cm³/mol. The van der Waals surface area contributed by atoms with E-state index in [9.17, 15) is 13.2 Å². The van der Waals surface area contributed by atoms with E-state index in [-0.39, 0.29) is 12.5 Å². The van der Waals surface area contributed by atoms with Gasteiger partial charge < -0.3 is 5.32 Å². The molecular formula is C17H17N5O3S. The topological polar surface area (TPSA) is 106 Å². The molecule has 0 aliphatic rings. The Morgan fingerprint density at radius 1 is 1.15 bits per heavy atom. The second-order valence-electron chi connectivity index (χ2n) is 5.57. The molecule has 0 saturated carbocycles. The van der Waals surface area contributed by atoms with Crippen molar-refractivity contribution in [2.24, 2.45) is 0 Å². The number of nitrogens with zero attached hydrogens (tertiary/aromatic N) is 3. The van der Waals surface area contributed by atoms with Crippen molar-refractivity contribution in [3.8, 4) is 5.82 Å². The minimum Gasteiger partial charge on any atom is -0.348 e. The number of carbonyl (C=O) groups excluding carboxylic acids is 1. The number of nitrogens with one attached hydrogen (secondary N) is 2. The van der Waals surface area contributed by atoms with Gasteiger partial charge in [0, 0.05) is 25.1 Å². The first-order valence-electron chi connectivity index (χ1n) is 7.72. The SMILES string of the molecule is CS(=O)(=O)Nc1ccccc1CNC(=O)c1ccc(-n2cccn2)nc1. The van der Waals surface area contributed by atoms with Crippen LogP contribution in [0.5, 0.6) is 0 Å². The summed E-state index contributed by atoms with van der Waals surface area (Å²) in [6, 6.07) is 12.0. The molecule has 2 heterocycles. The number of sulfonamides is 1.